The van der Waals surface area contributed by atoms with Gasteiger partial charge in [-0.3, -0.25) is 4.31 Å². The molecule has 1 N–H and O–H groups in total. The quantitative estimate of drug-likeness (QED) is 0.764. The lowest BCUT2D eigenvalue weighted by Crippen LogP contribution is -2.38. The van der Waals surface area contributed by atoms with Gasteiger partial charge in [-0.05, 0) is 35.0 Å². The molecule has 0 radical (unpaired) electrons. The van der Waals surface area contributed by atoms with Crippen LogP contribution >= 0.6 is 15.9 Å². The van der Waals surface area contributed by atoms with E-state index in [1.165, 1.54) is 6.92 Å². The first-order chi connectivity index (χ1) is 9.17. The van der Waals surface area contributed by atoms with Crippen molar-refractivity contribution >= 4 is 41.7 Å². The van der Waals surface area contributed by atoms with Gasteiger partial charge < -0.3 is 0 Å². The number of hydrogen-bond donors (Lipinski definition) is 1. The van der Waals surface area contributed by atoms with Gasteiger partial charge in [0.05, 0.1) is 17.7 Å². The van der Waals surface area contributed by atoms with Crippen LogP contribution in [0.4, 0.5) is 5.69 Å². The molecule has 1 rings (SSSR count). The van der Waals surface area contributed by atoms with Crippen LogP contribution in [0.15, 0.2) is 28.7 Å². The van der Waals surface area contributed by atoms with E-state index in [4.69, 9.17) is 0 Å². The molecule has 0 unspecified atom stereocenters. The lowest BCUT2D eigenvalue weighted by molar-refractivity contribution is 0.579. The van der Waals surface area contributed by atoms with Gasteiger partial charge >= 0.3 is 0 Å². The van der Waals surface area contributed by atoms with Crippen LogP contribution in [0.2, 0.25) is 0 Å². The smallest absolute Gasteiger partial charge is 0.232 e. The Hall–Kier alpha value is -0.640. The Labute approximate surface area is 128 Å². The van der Waals surface area contributed by atoms with Crippen molar-refractivity contribution in [2.24, 2.45) is 0 Å². The van der Waals surface area contributed by atoms with Crippen molar-refractivity contribution in [3.63, 3.8) is 0 Å². The minimum absolute atomic E-state index is 0.0184. The van der Waals surface area contributed by atoms with Gasteiger partial charge in [0.2, 0.25) is 20.0 Å². The lowest BCUT2D eigenvalue weighted by Gasteiger charge is -2.23. The molecule has 0 saturated carbocycles. The Kier molecular flexibility index (Phi) is 5.99. The molecule has 0 aliphatic heterocycles. The van der Waals surface area contributed by atoms with Crippen LogP contribution in [-0.4, -0.2) is 41.9 Å². The Balaban J connectivity index is 2.92. The number of nitrogens with zero attached hydrogens (tertiary/aromatic N) is 1. The number of anilines is 1. The average molecular weight is 385 g/mol. The largest absolute Gasteiger partial charge is 0.268 e. The Bertz CT molecular complexity index is 659. The minimum atomic E-state index is -3.50. The van der Waals surface area contributed by atoms with E-state index < -0.39 is 20.0 Å². The van der Waals surface area contributed by atoms with E-state index in [1.807, 2.05) is 0 Å². The fourth-order valence-corrected chi connectivity index (χ4v) is 3.69. The second kappa shape index (κ2) is 6.88. The summed E-state index contributed by atoms with van der Waals surface area (Å²) in [4.78, 5) is 0. The van der Waals surface area contributed by atoms with Crippen molar-refractivity contribution in [3.8, 4) is 0 Å². The van der Waals surface area contributed by atoms with Crippen molar-refractivity contribution in [3.05, 3.63) is 28.7 Å². The zero-order chi connectivity index (χ0) is 15.4. The lowest BCUT2D eigenvalue weighted by atomic mass is 10.3. The number of benzene rings is 1. The summed E-state index contributed by atoms with van der Waals surface area (Å²) in [6, 6.07) is 6.87. The molecule has 6 nitrogen and oxygen atoms in total. The number of hydrogen-bond acceptors (Lipinski definition) is 4. The molecule has 0 aliphatic rings. The third kappa shape index (κ3) is 5.04. The van der Waals surface area contributed by atoms with Crippen LogP contribution in [0.1, 0.15) is 6.92 Å². The molecule has 0 aromatic heterocycles. The van der Waals surface area contributed by atoms with Gasteiger partial charge in [-0.15, -0.1) is 0 Å². The van der Waals surface area contributed by atoms with E-state index in [0.717, 1.165) is 10.6 Å². The van der Waals surface area contributed by atoms with Crippen molar-refractivity contribution in [1.82, 2.24) is 4.72 Å². The van der Waals surface area contributed by atoms with E-state index in [1.54, 1.807) is 24.3 Å². The molecule has 1 aromatic carbocycles. The summed E-state index contributed by atoms with van der Waals surface area (Å²) < 4.78 is 50.5. The highest BCUT2D eigenvalue weighted by atomic mass is 79.9. The molecular weight excluding hydrogens is 368 g/mol. The third-order valence-electron chi connectivity index (χ3n) is 2.54. The number of sulfonamides is 2. The predicted octanol–water partition coefficient (Wildman–Crippen LogP) is 1.15. The van der Waals surface area contributed by atoms with Gasteiger partial charge in [0.1, 0.15) is 0 Å². The molecule has 0 saturated heterocycles. The molecule has 0 spiro atoms. The van der Waals surface area contributed by atoms with Crippen LogP contribution in [0.5, 0.6) is 0 Å². The van der Waals surface area contributed by atoms with Gasteiger partial charge in [0.25, 0.3) is 0 Å². The molecule has 0 fully saturated rings. The van der Waals surface area contributed by atoms with Gasteiger partial charge in [-0.25, -0.2) is 21.6 Å². The van der Waals surface area contributed by atoms with Crippen molar-refractivity contribution in [1.29, 1.82) is 0 Å². The van der Waals surface area contributed by atoms with Gasteiger partial charge in [0, 0.05) is 17.6 Å². The van der Waals surface area contributed by atoms with Gasteiger partial charge in [0.15, 0.2) is 0 Å². The topological polar surface area (TPSA) is 83.6 Å². The zero-order valence-corrected chi connectivity index (χ0v) is 14.4. The second-order valence-electron chi connectivity index (χ2n) is 4.08. The summed E-state index contributed by atoms with van der Waals surface area (Å²) in [6.45, 7) is 1.57. The van der Waals surface area contributed by atoms with Crippen molar-refractivity contribution in [2.45, 2.75) is 6.92 Å². The first-order valence-electron chi connectivity index (χ1n) is 5.87. The average Bonchev–Trinajstić information content (AvgIpc) is 2.34. The standard InChI is InChI=1S/C11H17BrN2O4S2/c1-3-20(17,18)13-8-9-14(19(2,15)16)11-7-5-4-6-10(11)12/h4-7,13H,3,8-9H2,1-2H3. The summed E-state index contributed by atoms with van der Waals surface area (Å²) in [5.74, 6) is -0.0408. The molecule has 0 bridgehead atoms. The maximum absolute atomic E-state index is 11.8. The van der Waals surface area contributed by atoms with Gasteiger partial charge in [-0.2, -0.15) is 0 Å². The van der Waals surface area contributed by atoms with E-state index >= 15 is 0 Å². The van der Waals surface area contributed by atoms with E-state index in [9.17, 15) is 16.8 Å². The molecule has 0 heterocycles. The summed E-state index contributed by atoms with van der Waals surface area (Å²) >= 11 is 3.29. The molecule has 9 heteroatoms. The molecule has 114 valence electrons. The number of rotatable bonds is 7. The predicted molar refractivity (Wildman–Crippen MR) is 83.8 cm³/mol. The van der Waals surface area contributed by atoms with Crippen molar-refractivity contribution < 1.29 is 16.8 Å². The first-order valence-corrected chi connectivity index (χ1v) is 10.2. The second-order valence-corrected chi connectivity index (χ2v) is 8.94. The molecule has 0 aliphatic carbocycles. The Morgan fingerprint density at radius 3 is 2.30 bits per heavy atom. The summed E-state index contributed by atoms with van der Waals surface area (Å²) in [6.07, 6.45) is 1.08. The van der Waals surface area contributed by atoms with E-state index in [0.29, 0.717) is 10.2 Å². The van der Waals surface area contributed by atoms with Gasteiger partial charge in [-0.1, -0.05) is 12.1 Å². The maximum Gasteiger partial charge on any atom is 0.232 e. The number of halogens is 1. The molecular formula is C11H17BrN2O4S2. The van der Waals surface area contributed by atoms with Crippen LogP contribution in [-0.2, 0) is 20.0 Å². The van der Waals surface area contributed by atoms with Crippen LogP contribution < -0.4 is 9.03 Å². The fourth-order valence-electron chi connectivity index (χ4n) is 1.52. The highest BCUT2D eigenvalue weighted by Gasteiger charge is 2.19. The highest BCUT2D eigenvalue weighted by molar-refractivity contribution is 9.10. The zero-order valence-electron chi connectivity index (χ0n) is 11.2. The number of nitrogens with one attached hydrogen (secondary N) is 1. The fraction of sp³-hybridized carbons (Fsp3) is 0.455. The van der Waals surface area contributed by atoms with E-state index in [-0.39, 0.29) is 18.8 Å². The summed E-state index contributed by atoms with van der Waals surface area (Å²) in [7, 11) is -6.83. The highest BCUT2D eigenvalue weighted by Crippen LogP contribution is 2.27. The molecule has 0 amide bonds. The summed E-state index contributed by atoms with van der Waals surface area (Å²) in [5, 5.41) is 0. The third-order valence-corrected chi connectivity index (χ3v) is 5.79. The van der Waals surface area contributed by atoms with Crippen molar-refractivity contribution in [2.75, 3.05) is 29.4 Å². The first kappa shape index (κ1) is 17.4. The SMILES string of the molecule is CCS(=O)(=O)NCCN(c1ccccc1Br)S(C)(=O)=O. The molecule has 1 aromatic rings. The maximum atomic E-state index is 11.8. The Morgan fingerprint density at radius 1 is 1.20 bits per heavy atom. The van der Waals surface area contributed by atoms with E-state index in [2.05, 4.69) is 20.7 Å². The Morgan fingerprint density at radius 2 is 1.80 bits per heavy atom. The number of para-hydroxylation sites is 1. The van der Waals surface area contributed by atoms with Crippen LogP contribution in [0, 0.1) is 0 Å². The monoisotopic (exact) mass is 384 g/mol. The minimum Gasteiger partial charge on any atom is -0.268 e. The summed E-state index contributed by atoms with van der Waals surface area (Å²) in [5.41, 5.74) is 0.477. The van der Waals surface area contributed by atoms with Crippen LogP contribution in [0.25, 0.3) is 0 Å². The normalized spacial score (nSPS) is 12.3. The molecule has 0 atom stereocenters. The van der Waals surface area contributed by atoms with Crippen LogP contribution in [0.3, 0.4) is 0 Å². The molecule has 20 heavy (non-hydrogen) atoms.